The summed E-state index contributed by atoms with van der Waals surface area (Å²) in [5.74, 6) is -0.190. The van der Waals surface area contributed by atoms with E-state index in [0.717, 1.165) is 16.9 Å². The highest BCUT2D eigenvalue weighted by Crippen LogP contribution is 2.13. The molecule has 0 fully saturated rings. The lowest BCUT2D eigenvalue weighted by molar-refractivity contribution is -0.137. The van der Waals surface area contributed by atoms with Gasteiger partial charge in [-0.3, -0.25) is 9.59 Å². The SMILES string of the molecule is CCOc1ccc(CC(=O)NC(CCC(=O)O)Cc2ccccc2)cc1. The van der Waals surface area contributed by atoms with E-state index in [-0.39, 0.29) is 24.8 Å². The topological polar surface area (TPSA) is 75.6 Å². The molecule has 0 spiro atoms. The van der Waals surface area contributed by atoms with Crippen LogP contribution < -0.4 is 10.1 Å². The zero-order chi connectivity index (χ0) is 18.8. The van der Waals surface area contributed by atoms with E-state index in [2.05, 4.69) is 5.32 Å². The maximum atomic E-state index is 12.4. The van der Waals surface area contributed by atoms with Crippen molar-refractivity contribution < 1.29 is 19.4 Å². The Morgan fingerprint density at radius 2 is 1.73 bits per heavy atom. The van der Waals surface area contributed by atoms with E-state index in [0.29, 0.717) is 19.4 Å². The molecule has 138 valence electrons. The van der Waals surface area contributed by atoms with E-state index in [1.54, 1.807) is 0 Å². The van der Waals surface area contributed by atoms with Crippen molar-refractivity contribution in [1.82, 2.24) is 5.32 Å². The minimum atomic E-state index is -0.858. The number of aliphatic carboxylic acids is 1. The van der Waals surface area contributed by atoms with Gasteiger partial charge >= 0.3 is 5.97 Å². The molecule has 2 N–H and O–H groups in total. The van der Waals surface area contributed by atoms with Gasteiger partial charge in [-0.1, -0.05) is 42.5 Å². The fraction of sp³-hybridized carbons (Fsp3) is 0.333. The summed E-state index contributed by atoms with van der Waals surface area (Å²) in [5, 5.41) is 11.9. The zero-order valence-electron chi connectivity index (χ0n) is 15.0. The Balaban J connectivity index is 1.94. The molecular formula is C21H25NO4. The molecule has 5 heteroatoms. The van der Waals surface area contributed by atoms with Crippen molar-refractivity contribution in [3.05, 3.63) is 65.7 Å². The fourth-order valence-corrected chi connectivity index (χ4v) is 2.76. The van der Waals surface area contributed by atoms with Gasteiger partial charge in [0.15, 0.2) is 0 Å². The van der Waals surface area contributed by atoms with Crippen molar-refractivity contribution >= 4 is 11.9 Å². The summed E-state index contributed by atoms with van der Waals surface area (Å²) >= 11 is 0. The molecule has 1 amide bonds. The third-order valence-corrected chi connectivity index (χ3v) is 4.00. The van der Waals surface area contributed by atoms with Gasteiger partial charge in [-0.15, -0.1) is 0 Å². The lowest BCUT2D eigenvalue weighted by Crippen LogP contribution is -2.37. The Morgan fingerprint density at radius 3 is 2.35 bits per heavy atom. The average molecular weight is 355 g/mol. The molecule has 0 aliphatic heterocycles. The molecule has 2 aromatic carbocycles. The maximum Gasteiger partial charge on any atom is 0.303 e. The van der Waals surface area contributed by atoms with Crippen LogP contribution in [0.4, 0.5) is 0 Å². The lowest BCUT2D eigenvalue weighted by Gasteiger charge is -2.18. The molecule has 2 aromatic rings. The number of carboxylic acid groups (broad SMARTS) is 1. The smallest absolute Gasteiger partial charge is 0.303 e. The Kier molecular flexibility index (Phi) is 7.68. The number of carboxylic acids is 1. The van der Waals surface area contributed by atoms with Gasteiger partial charge in [-0.05, 0) is 43.0 Å². The highest BCUT2D eigenvalue weighted by molar-refractivity contribution is 5.79. The molecule has 0 aliphatic carbocycles. The minimum Gasteiger partial charge on any atom is -0.494 e. The molecule has 0 aliphatic rings. The molecule has 0 heterocycles. The van der Waals surface area contributed by atoms with Crippen molar-refractivity contribution in [2.75, 3.05) is 6.61 Å². The van der Waals surface area contributed by atoms with Crippen LogP contribution in [-0.2, 0) is 22.4 Å². The number of carbonyl (C=O) groups excluding carboxylic acids is 1. The molecular weight excluding hydrogens is 330 g/mol. The molecule has 0 aromatic heterocycles. The van der Waals surface area contributed by atoms with Gasteiger partial charge in [-0.2, -0.15) is 0 Å². The normalized spacial score (nSPS) is 11.6. The van der Waals surface area contributed by atoms with Crippen molar-refractivity contribution in [3.8, 4) is 5.75 Å². The van der Waals surface area contributed by atoms with Crippen LogP contribution in [0.25, 0.3) is 0 Å². The molecule has 26 heavy (non-hydrogen) atoms. The van der Waals surface area contributed by atoms with Gasteiger partial charge < -0.3 is 15.2 Å². The first-order valence-electron chi connectivity index (χ1n) is 8.83. The minimum absolute atomic E-state index is 0.0286. The summed E-state index contributed by atoms with van der Waals surface area (Å²) in [5.41, 5.74) is 1.96. The zero-order valence-corrected chi connectivity index (χ0v) is 15.0. The molecule has 0 saturated carbocycles. The predicted molar refractivity (Wildman–Crippen MR) is 100 cm³/mol. The number of nitrogens with one attached hydrogen (secondary N) is 1. The van der Waals surface area contributed by atoms with Crippen molar-refractivity contribution in [2.24, 2.45) is 0 Å². The summed E-state index contributed by atoms with van der Waals surface area (Å²) in [6, 6.07) is 17.0. The van der Waals surface area contributed by atoms with E-state index in [9.17, 15) is 9.59 Å². The first-order chi connectivity index (χ1) is 12.6. The van der Waals surface area contributed by atoms with Crippen LogP contribution in [0.3, 0.4) is 0 Å². The van der Waals surface area contributed by atoms with E-state index in [1.807, 2.05) is 61.5 Å². The first-order valence-corrected chi connectivity index (χ1v) is 8.83. The molecule has 1 unspecified atom stereocenters. The Labute approximate surface area is 154 Å². The number of benzene rings is 2. The Bertz CT molecular complexity index is 698. The van der Waals surface area contributed by atoms with E-state index in [4.69, 9.17) is 9.84 Å². The quantitative estimate of drug-likeness (QED) is 0.686. The molecule has 5 nitrogen and oxygen atoms in total. The van der Waals surface area contributed by atoms with E-state index in [1.165, 1.54) is 0 Å². The Hall–Kier alpha value is -2.82. The standard InChI is InChI=1S/C21H25NO4/c1-2-26-19-11-8-17(9-12-19)15-20(23)22-18(10-13-21(24)25)14-16-6-4-3-5-7-16/h3-9,11-12,18H,2,10,13-15H2,1H3,(H,22,23)(H,24,25). The second-order valence-corrected chi connectivity index (χ2v) is 6.14. The second-order valence-electron chi connectivity index (χ2n) is 6.14. The maximum absolute atomic E-state index is 12.4. The highest BCUT2D eigenvalue weighted by Gasteiger charge is 2.15. The van der Waals surface area contributed by atoms with Crippen LogP contribution in [0.2, 0.25) is 0 Å². The lowest BCUT2D eigenvalue weighted by atomic mass is 10.0. The fourth-order valence-electron chi connectivity index (χ4n) is 2.76. The second kappa shape index (κ2) is 10.2. The molecule has 0 bridgehead atoms. The first kappa shape index (κ1) is 19.5. The number of ether oxygens (including phenoxy) is 1. The van der Waals surface area contributed by atoms with Crippen molar-refractivity contribution in [1.29, 1.82) is 0 Å². The summed E-state index contributed by atoms with van der Waals surface area (Å²) in [7, 11) is 0. The van der Waals surface area contributed by atoms with E-state index >= 15 is 0 Å². The third kappa shape index (κ3) is 6.97. The van der Waals surface area contributed by atoms with Crippen LogP contribution in [-0.4, -0.2) is 29.6 Å². The van der Waals surface area contributed by atoms with Crippen LogP contribution in [0, 0.1) is 0 Å². The summed E-state index contributed by atoms with van der Waals surface area (Å²) in [4.78, 5) is 23.3. The van der Waals surface area contributed by atoms with Gasteiger partial charge in [0.1, 0.15) is 5.75 Å². The highest BCUT2D eigenvalue weighted by atomic mass is 16.5. The predicted octanol–water partition coefficient (Wildman–Crippen LogP) is 3.22. The number of rotatable bonds is 10. The van der Waals surface area contributed by atoms with Crippen LogP contribution >= 0.6 is 0 Å². The van der Waals surface area contributed by atoms with Gasteiger partial charge in [-0.25, -0.2) is 0 Å². The number of hydrogen-bond donors (Lipinski definition) is 2. The van der Waals surface area contributed by atoms with Crippen LogP contribution in [0.15, 0.2) is 54.6 Å². The molecule has 0 saturated heterocycles. The van der Waals surface area contributed by atoms with Crippen molar-refractivity contribution in [2.45, 2.75) is 38.6 Å². The molecule has 0 radical (unpaired) electrons. The van der Waals surface area contributed by atoms with Crippen molar-refractivity contribution in [3.63, 3.8) is 0 Å². The summed E-state index contributed by atoms with van der Waals surface area (Å²) in [6.07, 6.45) is 1.30. The average Bonchev–Trinajstić information content (AvgIpc) is 2.62. The van der Waals surface area contributed by atoms with Gasteiger partial charge in [0, 0.05) is 12.5 Å². The van der Waals surface area contributed by atoms with Crippen LogP contribution in [0.5, 0.6) is 5.75 Å². The Morgan fingerprint density at radius 1 is 1.04 bits per heavy atom. The number of amides is 1. The van der Waals surface area contributed by atoms with Gasteiger partial charge in [0.25, 0.3) is 0 Å². The summed E-state index contributed by atoms with van der Waals surface area (Å²) < 4.78 is 5.39. The number of hydrogen-bond acceptors (Lipinski definition) is 3. The van der Waals surface area contributed by atoms with Gasteiger partial charge in [0.05, 0.1) is 13.0 Å². The van der Waals surface area contributed by atoms with E-state index < -0.39 is 5.97 Å². The largest absolute Gasteiger partial charge is 0.494 e. The van der Waals surface area contributed by atoms with Gasteiger partial charge in [0.2, 0.25) is 5.91 Å². The summed E-state index contributed by atoms with van der Waals surface area (Å²) in [6.45, 7) is 2.52. The molecule has 2 rings (SSSR count). The van der Waals surface area contributed by atoms with Crippen LogP contribution in [0.1, 0.15) is 30.9 Å². The third-order valence-electron chi connectivity index (χ3n) is 4.00. The number of carbonyl (C=O) groups is 2. The monoisotopic (exact) mass is 355 g/mol. The molecule has 1 atom stereocenters.